The van der Waals surface area contributed by atoms with Crippen LogP contribution in [0, 0.1) is 0 Å². The Morgan fingerprint density at radius 2 is 1.71 bits per heavy atom. The molecule has 0 amide bonds. The van der Waals surface area contributed by atoms with Gasteiger partial charge >= 0.3 is 0 Å². The van der Waals surface area contributed by atoms with Crippen molar-refractivity contribution in [2.45, 2.75) is 13.0 Å². The van der Waals surface area contributed by atoms with Crippen molar-refractivity contribution in [3.8, 4) is 0 Å². The minimum absolute atomic E-state index is 0.185. The summed E-state index contributed by atoms with van der Waals surface area (Å²) in [5.74, 6) is -0.420. The zero-order valence-electron chi connectivity index (χ0n) is 7.22. The van der Waals surface area contributed by atoms with E-state index in [1.807, 2.05) is 0 Å². The van der Waals surface area contributed by atoms with Crippen LogP contribution in [-0.4, -0.2) is 10.9 Å². The minimum Gasteiger partial charge on any atom is -0.380 e. The number of carbonyl (C=O) groups excluding carboxylic acids is 1. The third-order valence-corrected chi connectivity index (χ3v) is 2.55. The monoisotopic (exact) mass is 252 g/mol. The highest BCUT2D eigenvalue weighted by Gasteiger charge is 2.19. The molecular formula is C9H7Cl3O2. The van der Waals surface area contributed by atoms with E-state index in [1.165, 1.54) is 19.1 Å². The largest absolute Gasteiger partial charge is 0.380 e. The van der Waals surface area contributed by atoms with Crippen LogP contribution < -0.4 is 0 Å². The van der Waals surface area contributed by atoms with Crippen LogP contribution in [0.5, 0.6) is 0 Å². The molecule has 0 aliphatic heterocycles. The highest BCUT2D eigenvalue weighted by molar-refractivity contribution is 6.39. The Hall–Kier alpha value is -0.280. The molecule has 2 nitrogen and oxygen atoms in total. The van der Waals surface area contributed by atoms with Crippen molar-refractivity contribution < 1.29 is 9.90 Å². The van der Waals surface area contributed by atoms with Crippen LogP contribution >= 0.6 is 34.8 Å². The molecule has 76 valence electrons. The van der Waals surface area contributed by atoms with Crippen molar-refractivity contribution >= 4 is 40.6 Å². The van der Waals surface area contributed by atoms with Gasteiger partial charge in [0.2, 0.25) is 0 Å². The Kier molecular flexibility index (Phi) is 3.78. The topological polar surface area (TPSA) is 37.3 Å². The molecule has 0 saturated carbocycles. The van der Waals surface area contributed by atoms with E-state index in [9.17, 15) is 9.90 Å². The van der Waals surface area contributed by atoms with Crippen LogP contribution in [0.15, 0.2) is 12.1 Å². The molecule has 1 aromatic carbocycles. The molecule has 0 bridgehead atoms. The van der Waals surface area contributed by atoms with E-state index in [1.54, 1.807) is 0 Å². The predicted octanol–water partition coefficient (Wildman–Crippen LogP) is 3.27. The zero-order chi connectivity index (χ0) is 10.9. The molecule has 1 rings (SSSR count). The number of benzene rings is 1. The Labute approximate surface area is 96.4 Å². The molecule has 14 heavy (non-hydrogen) atoms. The SMILES string of the molecule is CC(=O)C(O)c1c(Cl)cc(Cl)cc1Cl. The van der Waals surface area contributed by atoms with Gasteiger partial charge in [-0.3, -0.25) is 4.79 Å². The van der Waals surface area contributed by atoms with Gasteiger partial charge in [-0.15, -0.1) is 0 Å². The molecule has 0 aromatic heterocycles. The second-order valence-electron chi connectivity index (χ2n) is 2.80. The third kappa shape index (κ3) is 2.39. The lowest BCUT2D eigenvalue weighted by Gasteiger charge is -2.11. The fourth-order valence-electron chi connectivity index (χ4n) is 1.02. The molecule has 1 aromatic rings. The predicted molar refractivity (Wildman–Crippen MR) is 57.1 cm³/mol. The fourth-order valence-corrected chi connectivity index (χ4v) is 2.04. The summed E-state index contributed by atoms with van der Waals surface area (Å²) in [5.41, 5.74) is 0.199. The third-order valence-electron chi connectivity index (χ3n) is 1.70. The lowest BCUT2D eigenvalue weighted by molar-refractivity contribution is -0.125. The smallest absolute Gasteiger partial charge is 0.162 e. The maximum Gasteiger partial charge on any atom is 0.162 e. The first kappa shape index (κ1) is 11.8. The summed E-state index contributed by atoms with van der Waals surface area (Å²) in [5, 5.41) is 10.2. The first-order valence-corrected chi connectivity index (χ1v) is 4.90. The number of rotatable bonds is 2. The van der Waals surface area contributed by atoms with Gasteiger partial charge in [0.05, 0.1) is 0 Å². The molecule has 5 heteroatoms. The number of aliphatic hydroxyl groups is 1. The number of aliphatic hydroxyl groups excluding tert-OH is 1. The molecule has 0 aliphatic rings. The van der Waals surface area contributed by atoms with Crippen LogP contribution in [0.2, 0.25) is 15.1 Å². The molecule has 0 fully saturated rings. The minimum atomic E-state index is -1.30. The van der Waals surface area contributed by atoms with Gasteiger partial charge in [0.15, 0.2) is 5.78 Å². The molecule has 0 aliphatic carbocycles. The number of Topliss-reactive ketones (excluding diaryl/α,β-unsaturated/α-hetero) is 1. The number of halogens is 3. The number of hydrogen-bond donors (Lipinski definition) is 1. The van der Waals surface area contributed by atoms with Crippen molar-refractivity contribution in [1.29, 1.82) is 0 Å². The molecule has 1 N–H and O–H groups in total. The summed E-state index contributed by atoms with van der Waals surface area (Å²) in [7, 11) is 0. The lowest BCUT2D eigenvalue weighted by Crippen LogP contribution is -2.08. The van der Waals surface area contributed by atoms with E-state index in [0.717, 1.165) is 0 Å². The molecule has 0 saturated heterocycles. The average molecular weight is 254 g/mol. The van der Waals surface area contributed by atoms with Crippen molar-refractivity contribution in [3.63, 3.8) is 0 Å². The van der Waals surface area contributed by atoms with Crippen LogP contribution in [0.4, 0.5) is 0 Å². The standard InChI is InChI=1S/C9H7Cl3O2/c1-4(13)9(14)8-6(11)2-5(10)3-7(8)12/h2-3,9,14H,1H3. The van der Waals surface area contributed by atoms with E-state index in [0.29, 0.717) is 5.02 Å². The Morgan fingerprint density at radius 1 is 1.29 bits per heavy atom. The summed E-state index contributed by atoms with van der Waals surface area (Å²) in [6, 6.07) is 2.85. The van der Waals surface area contributed by atoms with E-state index < -0.39 is 11.9 Å². The van der Waals surface area contributed by atoms with E-state index in [2.05, 4.69) is 0 Å². The maximum atomic E-state index is 10.9. The van der Waals surface area contributed by atoms with Gasteiger partial charge in [0, 0.05) is 20.6 Å². The Bertz CT molecular complexity index is 353. The maximum absolute atomic E-state index is 10.9. The average Bonchev–Trinajstić information content (AvgIpc) is 2.01. The van der Waals surface area contributed by atoms with Gasteiger partial charge in [-0.25, -0.2) is 0 Å². The lowest BCUT2D eigenvalue weighted by atomic mass is 10.1. The second kappa shape index (κ2) is 4.49. The summed E-state index contributed by atoms with van der Waals surface area (Å²) in [4.78, 5) is 10.9. The van der Waals surface area contributed by atoms with Crippen LogP contribution in [0.3, 0.4) is 0 Å². The van der Waals surface area contributed by atoms with Gasteiger partial charge in [0.25, 0.3) is 0 Å². The van der Waals surface area contributed by atoms with Crippen molar-refractivity contribution in [2.24, 2.45) is 0 Å². The van der Waals surface area contributed by atoms with Crippen LogP contribution in [0.25, 0.3) is 0 Å². The molecule has 0 spiro atoms. The van der Waals surface area contributed by atoms with Gasteiger partial charge in [-0.05, 0) is 19.1 Å². The normalized spacial score (nSPS) is 12.6. The van der Waals surface area contributed by atoms with Gasteiger partial charge in [0.1, 0.15) is 6.10 Å². The van der Waals surface area contributed by atoms with Crippen LogP contribution in [-0.2, 0) is 4.79 Å². The number of carbonyl (C=O) groups is 1. The van der Waals surface area contributed by atoms with Crippen molar-refractivity contribution in [3.05, 3.63) is 32.8 Å². The van der Waals surface area contributed by atoms with Crippen molar-refractivity contribution in [2.75, 3.05) is 0 Å². The molecule has 1 atom stereocenters. The quantitative estimate of drug-likeness (QED) is 0.878. The molecule has 1 unspecified atom stereocenters. The summed E-state index contributed by atoms with van der Waals surface area (Å²) >= 11 is 17.3. The highest BCUT2D eigenvalue weighted by Crippen LogP contribution is 2.33. The Balaban J connectivity index is 3.27. The molecular weight excluding hydrogens is 246 g/mol. The van der Waals surface area contributed by atoms with Crippen LogP contribution in [0.1, 0.15) is 18.6 Å². The first-order chi connectivity index (χ1) is 6.43. The van der Waals surface area contributed by atoms with E-state index >= 15 is 0 Å². The van der Waals surface area contributed by atoms with E-state index in [-0.39, 0.29) is 15.6 Å². The first-order valence-electron chi connectivity index (χ1n) is 3.76. The number of ketones is 1. The number of hydrogen-bond acceptors (Lipinski definition) is 2. The molecule has 0 heterocycles. The summed E-state index contributed by atoms with van der Waals surface area (Å²) < 4.78 is 0. The summed E-state index contributed by atoms with van der Waals surface area (Å²) in [6.07, 6.45) is -1.30. The van der Waals surface area contributed by atoms with Gasteiger partial charge < -0.3 is 5.11 Å². The van der Waals surface area contributed by atoms with Gasteiger partial charge in [-0.2, -0.15) is 0 Å². The van der Waals surface area contributed by atoms with Crippen molar-refractivity contribution in [1.82, 2.24) is 0 Å². The zero-order valence-corrected chi connectivity index (χ0v) is 9.49. The Morgan fingerprint density at radius 3 is 2.07 bits per heavy atom. The van der Waals surface area contributed by atoms with Gasteiger partial charge in [-0.1, -0.05) is 34.8 Å². The second-order valence-corrected chi connectivity index (χ2v) is 4.05. The molecule has 0 radical (unpaired) electrons. The summed E-state index contributed by atoms with van der Waals surface area (Å²) in [6.45, 7) is 1.26. The fraction of sp³-hybridized carbons (Fsp3) is 0.222. The van der Waals surface area contributed by atoms with E-state index in [4.69, 9.17) is 34.8 Å². The highest BCUT2D eigenvalue weighted by atomic mass is 35.5.